The van der Waals surface area contributed by atoms with E-state index in [9.17, 15) is 19.5 Å². The standard InChI is InChI=1S/C21H21N3O6/c1-29-17-10-6-9-14(20(17)30-2)15(12-19(26)27)22-21(28)16-11-18(25)24(23-16)13-7-4-3-5-8-13/h3-11,15,23H,12H2,1-2H3,(H,22,28)(H,26,27)/t15-/m0/s1. The maximum Gasteiger partial charge on any atom is 0.305 e. The van der Waals surface area contributed by atoms with E-state index in [0.29, 0.717) is 22.7 Å². The van der Waals surface area contributed by atoms with Gasteiger partial charge in [-0.05, 0) is 18.2 Å². The van der Waals surface area contributed by atoms with E-state index in [4.69, 9.17) is 9.47 Å². The first kappa shape index (κ1) is 20.7. The third-order valence-electron chi connectivity index (χ3n) is 4.47. The van der Waals surface area contributed by atoms with Gasteiger partial charge in [0.25, 0.3) is 11.5 Å². The molecular formula is C21H21N3O6. The van der Waals surface area contributed by atoms with Crippen molar-refractivity contribution < 1.29 is 24.2 Å². The maximum absolute atomic E-state index is 12.8. The molecule has 9 heteroatoms. The van der Waals surface area contributed by atoms with E-state index >= 15 is 0 Å². The van der Waals surface area contributed by atoms with Crippen LogP contribution in [0.4, 0.5) is 0 Å². The van der Waals surface area contributed by atoms with Crippen LogP contribution in [0.1, 0.15) is 28.5 Å². The number of rotatable bonds is 8. The average Bonchev–Trinajstić information content (AvgIpc) is 3.14. The van der Waals surface area contributed by atoms with E-state index < -0.39 is 23.5 Å². The quantitative estimate of drug-likeness (QED) is 0.522. The van der Waals surface area contributed by atoms with Crippen LogP contribution in [0.5, 0.6) is 11.5 Å². The number of para-hydroxylation sites is 2. The van der Waals surface area contributed by atoms with Gasteiger partial charge < -0.3 is 19.9 Å². The van der Waals surface area contributed by atoms with Gasteiger partial charge in [0.05, 0.1) is 32.4 Å². The lowest BCUT2D eigenvalue weighted by atomic mass is 10.0. The lowest BCUT2D eigenvalue weighted by Gasteiger charge is -2.21. The first-order valence-electron chi connectivity index (χ1n) is 9.05. The molecule has 0 aliphatic carbocycles. The molecule has 3 N–H and O–H groups in total. The summed E-state index contributed by atoms with van der Waals surface area (Å²) < 4.78 is 11.9. The molecule has 0 aliphatic rings. The van der Waals surface area contributed by atoms with Crippen LogP contribution in [0.25, 0.3) is 5.69 Å². The Balaban J connectivity index is 1.93. The molecule has 0 unspecified atom stereocenters. The molecule has 0 radical (unpaired) electrons. The first-order valence-corrected chi connectivity index (χ1v) is 9.05. The van der Waals surface area contributed by atoms with Crippen molar-refractivity contribution in [2.75, 3.05) is 14.2 Å². The van der Waals surface area contributed by atoms with Gasteiger partial charge in [-0.2, -0.15) is 0 Å². The first-order chi connectivity index (χ1) is 14.4. The molecule has 1 amide bonds. The Labute approximate surface area is 171 Å². The highest BCUT2D eigenvalue weighted by Gasteiger charge is 2.25. The molecule has 9 nitrogen and oxygen atoms in total. The number of amides is 1. The molecule has 1 atom stereocenters. The van der Waals surface area contributed by atoms with Gasteiger partial charge in [-0.25, -0.2) is 4.68 Å². The minimum Gasteiger partial charge on any atom is -0.493 e. The number of nitrogens with one attached hydrogen (secondary N) is 2. The second-order valence-corrected chi connectivity index (χ2v) is 6.39. The molecule has 3 aromatic rings. The third-order valence-corrected chi connectivity index (χ3v) is 4.47. The van der Waals surface area contributed by atoms with Gasteiger partial charge in [-0.1, -0.05) is 30.3 Å². The number of aliphatic carboxylic acids is 1. The highest BCUT2D eigenvalue weighted by Crippen LogP contribution is 2.35. The Hall–Kier alpha value is -4.01. The van der Waals surface area contributed by atoms with Crippen molar-refractivity contribution in [2.45, 2.75) is 12.5 Å². The van der Waals surface area contributed by atoms with Crippen LogP contribution in [-0.2, 0) is 4.79 Å². The minimum absolute atomic E-state index is 0.00102. The lowest BCUT2D eigenvalue weighted by molar-refractivity contribution is -0.137. The van der Waals surface area contributed by atoms with Crippen LogP contribution in [-0.4, -0.2) is 41.0 Å². The summed E-state index contributed by atoms with van der Waals surface area (Å²) >= 11 is 0. The summed E-state index contributed by atoms with van der Waals surface area (Å²) in [6.07, 6.45) is -0.390. The fraction of sp³-hybridized carbons (Fsp3) is 0.190. The zero-order chi connectivity index (χ0) is 21.7. The third kappa shape index (κ3) is 4.35. The monoisotopic (exact) mass is 411 g/mol. The molecule has 0 aliphatic heterocycles. The van der Waals surface area contributed by atoms with Gasteiger partial charge in [0, 0.05) is 11.6 Å². The number of carbonyl (C=O) groups is 2. The van der Waals surface area contributed by atoms with Gasteiger partial charge in [0.15, 0.2) is 11.5 Å². The summed E-state index contributed by atoms with van der Waals surface area (Å²) in [5.74, 6) is -1.01. The van der Waals surface area contributed by atoms with E-state index in [1.165, 1.54) is 18.9 Å². The number of carboxylic acids is 1. The molecule has 0 fully saturated rings. The Morgan fingerprint density at radius 3 is 2.47 bits per heavy atom. The number of hydrogen-bond acceptors (Lipinski definition) is 5. The van der Waals surface area contributed by atoms with Gasteiger partial charge in [-0.15, -0.1) is 0 Å². The fourth-order valence-corrected chi connectivity index (χ4v) is 3.12. The average molecular weight is 411 g/mol. The van der Waals surface area contributed by atoms with Gasteiger partial charge >= 0.3 is 5.97 Å². The summed E-state index contributed by atoms with van der Waals surface area (Å²) in [6, 6.07) is 14.0. The number of ether oxygens (including phenoxy) is 2. The number of carbonyl (C=O) groups excluding carboxylic acids is 1. The van der Waals surface area contributed by atoms with Crippen molar-refractivity contribution in [3.63, 3.8) is 0 Å². The predicted octanol–water partition coefficient (Wildman–Crippen LogP) is 2.13. The molecular weight excluding hydrogens is 390 g/mol. The second kappa shape index (κ2) is 8.99. The summed E-state index contributed by atoms with van der Waals surface area (Å²) in [4.78, 5) is 36.5. The van der Waals surface area contributed by atoms with Crippen LogP contribution in [0, 0.1) is 0 Å². The van der Waals surface area contributed by atoms with Crippen LogP contribution in [0.15, 0.2) is 59.4 Å². The lowest BCUT2D eigenvalue weighted by Crippen LogP contribution is -2.31. The number of methoxy groups -OCH3 is 2. The van der Waals surface area contributed by atoms with E-state index in [1.807, 2.05) is 6.07 Å². The van der Waals surface area contributed by atoms with Crippen molar-refractivity contribution in [3.8, 4) is 17.2 Å². The topological polar surface area (TPSA) is 123 Å². The molecule has 2 aromatic carbocycles. The maximum atomic E-state index is 12.8. The fourth-order valence-electron chi connectivity index (χ4n) is 3.12. The Morgan fingerprint density at radius 1 is 1.10 bits per heavy atom. The molecule has 3 rings (SSSR count). The normalized spacial score (nSPS) is 11.5. The predicted molar refractivity (Wildman–Crippen MR) is 108 cm³/mol. The summed E-state index contributed by atoms with van der Waals surface area (Å²) in [5.41, 5.74) is 0.594. The van der Waals surface area contributed by atoms with Crippen molar-refractivity contribution in [1.29, 1.82) is 0 Å². The summed E-state index contributed by atoms with van der Waals surface area (Å²) in [5, 5.41) is 14.7. The second-order valence-electron chi connectivity index (χ2n) is 6.39. The van der Waals surface area contributed by atoms with E-state index in [2.05, 4.69) is 10.4 Å². The van der Waals surface area contributed by atoms with Crippen LogP contribution in [0.3, 0.4) is 0 Å². The summed E-state index contributed by atoms with van der Waals surface area (Å²) in [7, 11) is 2.89. The summed E-state index contributed by atoms with van der Waals surface area (Å²) in [6.45, 7) is 0. The zero-order valence-electron chi connectivity index (χ0n) is 16.4. The SMILES string of the molecule is COc1cccc([C@H](CC(=O)O)NC(=O)c2cc(=O)n(-c3ccccc3)[nH]2)c1OC. The number of benzene rings is 2. The number of aromatic nitrogens is 2. The van der Waals surface area contributed by atoms with Crippen molar-refractivity contribution in [3.05, 3.63) is 76.2 Å². The highest BCUT2D eigenvalue weighted by molar-refractivity contribution is 5.92. The molecule has 1 heterocycles. The zero-order valence-corrected chi connectivity index (χ0v) is 16.4. The van der Waals surface area contributed by atoms with E-state index in [0.717, 1.165) is 6.07 Å². The largest absolute Gasteiger partial charge is 0.493 e. The number of aromatic amines is 1. The highest BCUT2D eigenvalue weighted by atomic mass is 16.5. The molecule has 0 bridgehead atoms. The number of carboxylic acid groups (broad SMARTS) is 1. The van der Waals surface area contributed by atoms with Crippen LogP contribution in [0.2, 0.25) is 0 Å². The van der Waals surface area contributed by atoms with E-state index in [-0.39, 0.29) is 12.1 Å². The van der Waals surface area contributed by atoms with Gasteiger partial charge in [0.2, 0.25) is 0 Å². The van der Waals surface area contributed by atoms with Crippen LogP contribution < -0.4 is 20.3 Å². The molecule has 30 heavy (non-hydrogen) atoms. The van der Waals surface area contributed by atoms with E-state index in [1.54, 1.807) is 42.5 Å². The van der Waals surface area contributed by atoms with Crippen molar-refractivity contribution in [2.24, 2.45) is 0 Å². The molecule has 0 saturated heterocycles. The molecule has 1 aromatic heterocycles. The Morgan fingerprint density at radius 2 is 1.83 bits per heavy atom. The smallest absolute Gasteiger partial charge is 0.305 e. The van der Waals surface area contributed by atoms with Crippen molar-refractivity contribution >= 4 is 11.9 Å². The Bertz CT molecular complexity index is 1100. The number of hydrogen-bond donors (Lipinski definition) is 3. The van der Waals surface area contributed by atoms with Crippen molar-refractivity contribution in [1.82, 2.24) is 15.1 Å². The van der Waals surface area contributed by atoms with Gasteiger partial charge in [-0.3, -0.25) is 19.5 Å². The van der Waals surface area contributed by atoms with Crippen LogP contribution >= 0.6 is 0 Å². The molecule has 156 valence electrons. The molecule has 0 saturated carbocycles. The number of nitrogens with zero attached hydrogens (tertiary/aromatic N) is 1. The Kier molecular flexibility index (Phi) is 6.21. The molecule has 0 spiro atoms. The minimum atomic E-state index is -1.11. The number of H-pyrrole nitrogens is 1. The van der Waals surface area contributed by atoms with Gasteiger partial charge in [0.1, 0.15) is 5.69 Å².